The van der Waals surface area contributed by atoms with Crippen molar-refractivity contribution in [3.05, 3.63) is 64.7 Å². The van der Waals surface area contributed by atoms with Crippen molar-refractivity contribution in [2.75, 3.05) is 11.9 Å². The van der Waals surface area contributed by atoms with Gasteiger partial charge in [-0.15, -0.1) is 0 Å². The molecule has 2 rings (SSSR count). The van der Waals surface area contributed by atoms with Crippen molar-refractivity contribution in [3.8, 4) is 0 Å². The number of para-hydroxylation sites is 1. The molecule has 2 aromatic rings. The summed E-state index contributed by atoms with van der Waals surface area (Å²) in [5, 5.41) is 14.7. The zero-order valence-corrected chi connectivity index (χ0v) is 13.9. The van der Waals surface area contributed by atoms with Gasteiger partial charge in [-0.3, -0.25) is 9.59 Å². The van der Waals surface area contributed by atoms with Gasteiger partial charge in [0.15, 0.2) is 0 Å². The van der Waals surface area contributed by atoms with E-state index in [-0.39, 0.29) is 22.8 Å². The lowest BCUT2D eigenvalue weighted by Gasteiger charge is -2.14. The normalized spacial score (nSPS) is 12.3. The lowest BCUT2D eigenvalue weighted by molar-refractivity contribution is -0.137. The van der Waals surface area contributed by atoms with E-state index in [9.17, 15) is 27.9 Å². The molecule has 0 aliphatic heterocycles. The van der Waals surface area contributed by atoms with Crippen LogP contribution in [0.2, 0.25) is 5.02 Å². The molecule has 3 N–H and O–H groups in total. The van der Waals surface area contributed by atoms with Gasteiger partial charge in [-0.2, -0.15) is 13.2 Å². The van der Waals surface area contributed by atoms with Crippen molar-refractivity contribution in [2.45, 2.75) is 12.3 Å². The summed E-state index contributed by atoms with van der Waals surface area (Å²) < 4.78 is 37.5. The maximum Gasteiger partial charge on any atom is 0.416 e. The molecule has 2 amide bonds. The summed E-state index contributed by atoms with van der Waals surface area (Å²) in [7, 11) is 0. The Morgan fingerprint density at radius 3 is 2.23 bits per heavy atom. The Morgan fingerprint density at radius 1 is 1.04 bits per heavy atom. The van der Waals surface area contributed by atoms with Gasteiger partial charge in [0.25, 0.3) is 0 Å². The van der Waals surface area contributed by atoms with Crippen molar-refractivity contribution in [1.82, 2.24) is 5.32 Å². The van der Waals surface area contributed by atoms with Crippen molar-refractivity contribution in [2.24, 2.45) is 0 Å². The first-order valence-electron chi connectivity index (χ1n) is 7.37. The average molecular weight is 387 g/mol. The summed E-state index contributed by atoms with van der Waals surface area (Å²) in [5.41, 5.74) is -0.431. The molecule has 0 saturated heterocycles. The van der Waals surface area contributed by atoms with E-state index >= 15 is 0 Å². The molecule has 0 aliphatic carbocycles. The number of hydrogen-bond donors (Lipinski definition) is 3. The third-order valence-corrected chi connectivity index (χ3v) is 3.74. The maximum atomic E-state index is 12.5. The zero-order chi connectivity index (χ0) is 19.3. The van der Waals surface area contributed by atoms with Gasteiger partial charge in [-0.05, 0) is 29.8 Å². The van der Waals surface area contributed by atoms with E-state index in [0.29, 0.717) is 0 Å². The van der Waals surface area contributed by atoms with Crippen molar-refractivity contribution >= 4 is 29.1 Å². The summed E-state index contributed by atoms with van der Waals surface area (Å²) in [6.07, 6.45) is -5.75. The van der Waals surface area contributed by atoms with Gasteiger partial charge < -0.3 is 15.7 Å². The van der Waals surface area contributed by atoms with Crippen LogP contribution < -0.4 is 10.6 Å². The molecule has 9 heteroatoms. The molecule has 0 fully saturated rings. The van der Waals surface area contributed by atoms with Gasteiger partial charge in [0.05, 0.1) is 22.4 Å². The Labute approximate surface area is 151 Å². The molecule has 0 saturated carbocycles. The molecule has 0 spiro atoms. The van der Waals surface area contributed by atoms with E-state index in [1.807, 2.05) is 0 Å². The molecule has 2 aromatic carbocycles. The molecule has 5 nitrogen and oxygen atoms in total. The Hall–Kier alpha value is -2.58. The number of rotatable bonds is 4. The fourth-order valence-electron chi connectivity index (χ4n) is 2.02. The van der Waals surface area contributed by atoms with Crippen molar-refractivity contribution in [3.63, 3.8) is 0 Å². The second-order valence-corrected chi connectivity index (χ2v) is 5.69. The molecule has 0 bridgehead atoms. The van der Waals surface area contributed by atoms with E-state index in [4.69, 9.17) is 11.6 Å². The number of carbonyl (C=O) groups is 2. The molecule has 138 valence electrons. The third kappa shape index (κ3) is 5.21. The van der Waals surface area contributed by atoms with Crippen LogP contribution in [0.25, 0.3) is 0 Å². The number of halogens is 4. The van der Waals surface area contributed by atoms with Crippen LogP contribution in [0.5, 0.6) is 0 Å². The maximum absolute atomic E-state index is 12.5. The smallest absolute Gasteiger partial charge is 0.387 e. The van der Waals surface area contributed by atoms with Crippen LogP contribution in [0.3, 0.4) is 0 Å². The van der Waals surface area contributed by atoms with Gasteiger partial charge in [0, 0.05) is 6.54 Å². The Kier molecular flexibility index (Phi) is 6.23. The largest absolute Gasteiger partial charge is 0.416 e. The summed E-state index contributed by atoms with van der Waals surface area (Å²) in [6, 6.07) is 10.2. The highest BCUT2D eigenvalue weighted by atomic mass is 35.5. The Morgan fingerprint density at radius 2 is 1.65 bits per heavy atom. The number of alkyl halides is 3. The van der Waals surface area contributed by atoms with Crippen LogP contribution in [0.4, 0.5) is 18.9 Å². The van der Waals surface area contributed by atoms with Crippen LogP contribution in [0.15, 0.2) is 48.5 Å². The summed E-state index contributed by atoms with van der Waals surface area (Å²) in [6.45, 7) is -0.347. The number of hydrogen-bond acceptors (Lipinski definition) is 3. The minimum Gasteiger partial charge on any atom is -0.387 e. The lowest BCUT2D eigenvalue weighted by Crippen LogP contribution is -2.37. The first kappa shape index (κ1) is 19.7. The Bertz CT molecular complexity index is 795. The molecule has 0 aliphatic rings. The fourth-order valence-corrected chi connectivity index (χ4v) is 2.21. The van der Waals surface area contributed by atoms with Gasteiger partial charge in [0.1, 0.15) is 0 Å². The van der Waals surface area contributed by atoms with Gasteiger partial charge in [-0.25, -0.2) is 0 Å². The van der Waals surface area contributed by atoms with Crippen LogP contribution in [-0.2, 0) is 15.8 Å². The van der Waals surface area contributed by atoms with Crippen LogP contribution in [0.1, 0.15) is 17.2 Å². The summed E-state index contributed by atoms with van der Waals surface area (Å²) >= 11 is 5.86. The molecule has 1 atom stereocenters. The highest BCUT2D eigenvalue weighted by Gasteiger charge is 2.30. The second-order valence-electron chi connectivity index (χ2n) is 5.28. The lowest BCUT2D eigenvalue weighted by atomic mass is 10.1. The quantitative estimate of drug-likeness (QED) is 0.706. The number of anilines is 1. The predicted molar refractivity (Wildman–Crippen MR) is 89.5 cm³/mol. The number of aliphatic hydroxyl groups is 1. The molecular weight excluding hydrogens is 373 g/mol. The Balaban J connectivity index is 1.90. The van der Waals surface area contributed by atoms with Gasteiger partial charge in [-0.1, -0.05) is 35.9 Å². The highest BCUT2D eigenvalue weighted by molar-refractivity contribution is 6.41. The fraction of sp³-hybridized carbons (Fsp3) is 0.176. The van der Waals surface area contributed by atoms with E-state index < -0.39 is 29.7 Å². The number of nitrogens with one attached hydrogen (secondary N) is 2. The third-order valence-electron chi connectivity index (χ3n) is 3.41. The first-order chi connectivity index (χ1) is 12.2. The van der Waals surface area contributed by atoms with E-state index in [1.54, 1.807) is 12.1 Å². The number of benzene rings is 2. The standard InChI is InChI=1S/C17H14ClF3N2O3/c18-12-3-1-2-4-13(12)23-16(26)15(25)22-9-14(24)10-5-7-11(8-6-10)17(19,20)21/h1-8,14,24H,9H2,(H,22,25)(H,23,26)/t14-/m1/s1. The number of aliphatic hydroxyl groups excluding tert-OH is 1. The van der Waals surface area contributed by atoms with Crippen LogP contribution in [0, 0.1) is 0 Å². The van der Waals surface area contributed by atoms with Crippen LogP contribution in [-0.4, -0.2) is 23.5 Å². The topological polar surface area (TPSA) is 78.4 Å². The monoisotopic (exact) mass is 386 g/mol. The van der Waals surface area contributed by atoms with Gasteiger partial charge >= 0.3 is 18.0 Å². The summed E-state index contributed by atoms with van der Waals surface area (Å²) in [4.78, 5) is 23.5. The highest BCUT2D eigenvalue weighted by Crippen LogP contribution is 2.29. The van der Waals surface area contributed by atoms with E-state index in [2.05, 4.69) is 10.6 Å². The van der Waals surface area contributed by atoms with Crippen molar-refractivity contribution < 1.29 is 27.9 Å². The zero-order valence-electron chi connectivity index (χ0n) is 13.2. The minimum atomic E-state index is -4.48. The molecule has 0 aromatic heterocycles. The molecule has 0 heterocycles. The average Bonchev–Trinajstić information content (AvgIpc) is 2.60. The van der Waals surface area contributed by atoms with Crippen LogP contribution >= 0.6 is 11.6 Å². The molecular formula is C17H14ClF3N2O3. The number of amides is 2. The predicted octanol–water partition coefficient (Wildman–Crippen LogP) is 3.15. The summed E-state index contributed by atoms with van der Waals surface area (Å²) in [5.74, 6) is -2.01. The van der Waals surface area contributed by atoms with Gasteiger partial charge in [0.2, 0.25) is 0 Å². The second kappa shape index (κ2) is 8.20. The molecule has 26 heavy (non-hydrogen) atoms. The van der Waals surface area contributed by atoms with E-state index in [0.717, 1.165) is 24.3 Å². The van der Waals surface area contributed by atoms with Crippen molar-refractivity contribution in [1.29, 1.82) is 0 Å². The molecule has 0 unspecified atom stereocenters. The SMILES string of the molecule is O=C(NC[C@@H](O)c1ccc(C(F)(F)F)cc1)C(=O)Nc1ccccc1Cl. The van der Waals surface area contributed by atoms with E-state index in [1.165, 1.54) is 12.1 Å². The minimum absolute atomic E-state index is 0.171. The number of carbonyl (C=O) groups excluding carboxylic acids is 2. The first-order valence-corrected chi connectivity index (χ1v) is 7.75. The molecule has 0 radical (unpaired) electrons.